The number of hydrogen-bond acceptors (Lipinski definition) is 6. The molecule has 0 radical (unpaired) electrons. The van der Waals surface area contributed by atoms with Gasteiger partial charge in [0.1, 0.15) is 5.75 Å². The number of nitrogens with one attached hydrogen (secondary N) is 2. The molecule has 3 aliphatic heterocycles. The Balaban J connectivity index is 1.22. The Morgan fingerprint density at radius 1 is 1.17 bits per heavy atom. The lowest BCUT2D eigenvalue weighted by Crippen LogP contribution is -2.58. The highest BCUT2D eigenvalue weighted by molar-refractivity contribution is 7.89. The van der Waals surface area contributed by atoms with Gasteiger partial charge in [0.25, 0.3) is 0 Å². The fourth-order valence-corrected chi connectivity index (χ4v) is 6.63. The zero-order chi connectivity index (χ0) is 24.6. The van der Waals surface area contributed by atoms with Gasteiger partial charge < -0.3 is 15.0 Å². The lowest BCUT2D eigenvalue weighted by Gasteiger charge is -2.37. The van der Waals surface area contributed by atoms with E-state index in [1.165, 1.54) is 24.8 Å². The Kier molecular flexibility index (Phi) is 6.52. The summed E-state index contributed by atoms with van der Waals surface area (Å²) in [5, 5.41) is 2.94. The highest BCUT2D eigenvalue weighted by Gasteiger charge is 2.44. The fourth-order valence-electron chi connectivity index (χ4n) is 5.39. The van der Waals surface area contributed by atoms with Gasteiger partial charge in [0.05, 0.1) is 18.0 Å². The molecular formula is C25H30N4O5S. The van der Waals surface area contributed by atoms with Crippen LogP contribution in [0, 0.1) is 0 Å². The van der Waals surface area contributed by atoms with E-state index in [1.807, 2.05) is 23.1 Å². The molecule has 2 aromatic rings. The van der Waals surface area contributed by atoms with Gasteiger partial charge >= 0.3 is 0 Å². The maximum absolute atomic E-state index is 13.0. The van der Waals surface area contributed by atoms with E-state index in [9.17, 15) is 18.0 Å². The van der Waals surface area contributed by atoms with E-state index < -0.39 is 16.1 Å². The van der Waals surface area contributed by atoms with Crippen molar-refractivity contribution in [3.05, 3.63) is 54.1 Å². The normalized spacial score (nSPS) is 24.1. The van der Waals surface area contributed by atoms with Crippen molar-refractivity contribution in [2.24, 2.45) is 0 Å². The Morgan fingerprint density at radius 3 is 2.71 bits per heavy atom. The lowest BCUT2D eigenvalue weighted by atomic mass is 10.0. The number of nitrogens with zero attached hydrogens (tertiary/aromatic N) is 2. The summed E-state index contributed by atoms with van der Waals surface area (Å²) in [6.45, 7) is 1.58. The molecule has 3 heterocycles. The van der Waals surface area contributed by atoms with Crippen LogP contribution < -0.4 is 19.7 Å². The summed E-state index contributed by atoms with van der Waals surface area (Å²) in [5.41, 5.74) is 2.18. The molecule has 5 rings (SSSR count). The summed E-state index contributed by atoms with van der Waals surface area (Å²) in [4.78, 5) is 29.6. The third-order valence-electron chi connectivity index (χ3n) is 7.19. The SMILES string of the molecule is COc1ccc(S(=O)(=O)NC2CC3C(=O)NCC(CCC(=O)N4CCc5ccccc54)N3C2)cc1. The number of amides is 2. The Labute approximate surface area is 205 Å². The van der Waals surface area contributed by atoms with Gasteiger partial charge in [0.15, 0.2) is 0 Å². The molecule has 3 aliphatic rings. The Morgan fingerprint density at radius 2 is 1.94 bits per heavy atom. The average molecular weight is 499 g/mol. The molecule has 2 amide bonds. The van der Waals surface area contributed by atoms with E-state index in [1.54, 1.807) is 12.1 Å². The van der Waals surface area contributed by atoms with Gasteiger partial charge in [0, 0.05) is 43.8 Å². The van der Waals surface area contributed by atoms with Gasteiger partial charge in [0.2, 0.25) is 21.8 Å². The zero-order valence-corrected chi connectivity index (χ0v) is 20.5. The number of piperazine rings is 1. The van der Waals surface area contributed by atoms with Crippen molar-refractivity contribution < 1.29 is 22.7 Å². The summed E-state index contributed by atoms with van der Waals surface area (Å²) in [6.07, 6.45) is 2.24. The van der Waals surface area contributed by atoms with Crippen molar-refractivity contribution in [3.8, 4) is 5.75 Å². The van der Waals surface area contributed by atoms with Gasteiger partial charge in [-0.1, -0.05) is 18.2 Å². The summed E-state index contributed by atoms with van der Waals surface area (Å²) >= 11 is 0. The monoisotopic (exact) mass is 498 g/mol. The van der Waals surface area contributed by atoms with E-state index in [4.69, 9.17) is 4.74 Å². The molecule has 2 aromatic carbocycles. The topological polar surface area (TPSA) is 108 Å². The molecule has 0 aromatic heterocycles. The lowest BCUT2D eigenvalue weighted by molar-refractivity contribution is -0.129. The van der Waals surface area contributed by atoms with E-state index in [0.29, 0.717) is 44.6 Å². The number of sulfonamides is 1. The summed E-state index contributed by atoms with van der Waals surface area (Å²) in [5.74, 6) is 0.569. The van der Waals surface area contributed by atoms with Gasteiger partial charge in [-0.05, 0) is 55.2 Å². The number of fused-ring (bicyclic) bond motifs is 2. The van der Waals surface area contributed by atoms with E-state index in [0.717, 1.165) is 12.1 Å². The van der Waals surface area contributed by atoms with Crippen LogP contribution in [0.3, 0.4) is 0 Å². The molecule has 2 saturated heterocycles. The number of ether oxygens (including phenoxy) is 1. The quantitative estimate of drug-likeness (QED) is 0.596. The molecule has 35 heavy (non-hydrogen) atoms. The first-order valence-electron chi connectivity index (χ1n) is 11.9. The van der Waals surface area contributed by atoms with Crippen LogP contribution >= 0.6 is 0 Å². The van der Waals surface area contributed by atoms with Crippen LogP contribution in [-0.4, -0.2) is 70.0 Å². The minimum absolute atomic E-state index is 0.0185. The number of rotatable bonds is 7. The molecule has 3 unspecified atom stereocenters. The molecule has 2 N–H and O–H groups in total. The zero-order valence-electron chi connectivity index (χ0n) is 19.6. The van der Waals surface area contributed by atoms with Crippen molar-refractivity contribution >= 4 is 27.5 Å². The van der Waals surface area contributed by atoms with Crippen LogP contribution in [0.1, 0.15) is 24.8 Å². The summed E-state index contributed by atoms with van der Waals surface area (Å²) in [6, 6.07) is 13.4. The predicted octanol–water partition coefficient (Wildman–Crippen LogP) is 1.28. The first-order chi connectivity index (χ1) is 16.9. The standard InChI is InChI=1S/C25H30N4O5S/c1-34-20-7-9-21(10-8-20)35(32,33)27-18-14-23-25(31)26-15-19(29(23)16-18)6-11-24(30)28-13-12-17-4-2-3-5-22(17)28/h2-5,7-10,18-19,23,27H,6,11-16H2,1H3,(H,26,31). The number of carbonyl (C=O) groups excluding carboxylic acids is 2. The maximum Gasteiger partial charge on any atom is 0.240 e. The number of hydrogen-bond donors (Lipinski definition) is 2. The number of benzene rings is 2. The average Bonchev–Trinajstić information content (AvgIpc) is 3.48. The fraction of sp³-hybridized carbons (Fsp3) is 0.440. The molecular weight excluding hydrogens is 468 g/mol. The molecule has 0 aliphatic carbocycles. The first-order valence-corrected chi connectivity index (χ1v) is 13.4. The third-order valence-corrected chi connectivity index (χ3v) is 8.73. The molecule has 3 atom stereocenters. The molecule has 2 fully saturated rings. The van der Waals surface area contributed by atoms with Crippen LogP contribution in [0.2, 0.25) is 0 Å². The van der Waals surface area contributed by atoms with Gasteiger partial charge in [-0.25, -0.2) is 13.1 Å². The molecule has 0 saturated carbocycles. The second-order valence-electron chi connectivity index (χ2n) is 9.30. The van der Waals surface area contributed by atoms with Gasteiger partial charge in [-0.15, -0.1) is 0 Å². The second-order valence-corrected chi connectivity index (χ2v) is 11.0. The van der Waals surface area contributed by atoms with Crippen LogP contribution in [0.15, 0.2) is 53.4 Å². The molecule has 186 valence electrons. The molecule has 0 bridgehead atoms. The number of carbonyl (C=O) groups is 2. The summed E-state index contributed by atoms with van der Waals surface area (Å²) in [7, 11) is -2.21. The van der Waals surface area contributed by atoms with Crippen LogP contribution in [0.5, 0.6) is 5.75 Å². The van der Waals surface area contributed by atoms with E-state index in [2.05, 4.69) is 21.0 Å². The Bertz CT molecular complexity index is 1220. The van der Waals surface area contributed by atoms with Crippen molar-refractivity contribution in [1.82, 2.24) is 14.9 Å². The van der Waals surface area contributed by atoms with Crippen molar-refractivity contribution in [1.29, 1.82) is 0 Å². The van der Waals surface area contributed by atoms with Gasteiger partial charge in [-0.3, -0.25) is 14.5 Å². The second kappa shape index (κ2) is 9.60. The third kappa shape index (κ3) is 4.78. The van der Waals surface area contributed by atoms with Crippen LogP contribution in [0.25, 0.3) is 0 Å². The van der Waals surface area contributed by atoms with Crippen LogP contribution in [-0.2, 0) is 26.0 Å². The van der Waals surface area contributed by atoms with Crippen molar-refractivity contribution in [3.63, 3.8) is 0 Å². The minimum atomic E-state index is -3.74. The summed E-state index contributed by atoms with van der Waals surface area (Å²) < 4.78 is 33.7. The molecule has 9 nitrogen and oxygen atoms in total. The maximum atomic E-state index is 13.0. The highest BCUT2D eigenvalue weighted by Crippen LogP contribution is 2.30. The molecule has 0 spiro atoms. The molecule has 10 heteroatoms. The number of methoxy groups -OCH3 is 1. The number of para-hydroxylation sites is 1. The van der Waals surface area contributed by atoms with Crippen molar-refractivity contribution in [2.45, 2.75) is 48.7 Å². The van der Waals surface area contributed by atoms with Crippen LogP contribution in [0.4, 0.5) is 5.69 Å². The minimum Gasteiger partial charge on any atom is -0.497 e. The number of anilines is 1. The van der Waals surface area contributed by atoms with E-state index >= 15 is 0 Å². The highest BCUT2D eigenvalue weighted by atomic mass is 32.2. The predicted molar refractivity (Wildman–Crippen MR) is 131 cm³/mol. The Hall–Kier alpha value is -2.95. The smallest absolute Gasteiger partial charge is 0.240 e. The van der Waals surface area contributed by atoms with Crippen molar-refractivity contribution in [2.75, 3.05) is 31.6 Å². The van der Waals surface area contributed by atoms with E-state index in [-0.39, 0.29) is 28.8 Å². The van der Waals surface area contributed by atoms with Gasteiger partial charge in [-0.2, -0.15) is 0 Å². The first kappa shape index (κ1) is 23.8. The largest absolute Gasteiger partial charge is 0.497 e.